The van der Waals surface area contributed by atoms with Gasteiger partial charge < -0.3 is 18.9 Å². The number of carbonyl (C=O) groups excluding carboxylic acids is 2. The van der Waals surface area contributed by atoms with E-state index in [0.29, 0.717) is 24.7 Å². The van der Waals surface area contributed by atoms with E-state index in [4.69, 9.17) is 14.2 Å². The molecule has 0 saturated heterocycles. The van der Waals surface area contributed by atoms with Crippen LogP contribution in [0, 0.1) is 0 Å². The van der Waals surface area contributed by atoms with Gasteiger partial charge in [0, 0.05) is 6.07 Å². The summed E-state index contributed by atoms with van der Waals surface area (Å²) in [5, 5.41) is 0. The van der Waals surface area contributed by atoms with E-state index >= 15 is 0 Å². The molecule has 3 rings (SSSR count). The summed E-state index contributed by atoms with van der Waals surface area (Å²) in [4.78, 5) is 23.9. The Bertz CT molecular complexity index is 1050. The van der Waals surface area contributed by atoms with Gasteiger partial charge in [-0.1, -0.05) is 6.07 Å². The van der Waals surface area contributed by atoms with Crippen LogP contribution in [0.2, 0.25) is 0 Å². The molecule has 0 saturated carbocycles. The summed E-state index contributed by atoms with van der Waals surface area (Å²) in [5.74, 6) is -0.642. The van der Waals surface area contributed by atoms with Gasteiger partial charge in [0.05, 0.1) is 29.9 Å². The van der Waals surface area contributed by atoms with Crippen LogP contribution in [0.3, 0.4) is 0 Å². The largest absolute Gasteiger partial charge is 0.486 e. The fourth-order valence-electron chi connectivity index (χ4n) is 2.81. The number of nitrogens with zero attached hydrogens (tertiary/aromatic N) is 1. The van der Waals surface area contributed by atoms with E-state index in [1.807, 2.05) is 0 Å². The lowest BCUT2D eigenvalue weighted by molar-refractivity contribution is -0.138. The summed E-state index contributed by atoms with van der Waals surface area (Å²) in [6.45, 7) is 1.92. The SMILES string of the molecule is CCOC(=O)c1cccc(N(CC(=O)OC)S(=O)(=O)c2ccc3c(c2)OCCO3)c1. The summed E-state index contributed by atoms with van der Waals surface area (Å²) in [5.41, 5.74) is 0.266. The topological polar surface area (TPSA) is 108 Å². The molecule has 0 N–H and O–H groups in total. The van der Waals surface area contributed by atoms with Gasteiger partial charge >= 0.3 is 11.9 Å². The van der Waals surface area contributed by atoms with Crippen LogP contribution < -0.4 is 13.8 Å². The molecule has 1 aliphatic rings. The number of hydrogen-bond donors (Lipinski definition) is 0. The average Bonchev–Trinajstić information content (AvgIpc) is 2.77. The molecule has 0 amide bonds. The van der Waals surface area contributed by atoms with Crippen LogP contribution in [-0.4, -0.2) is 53.8 Å². The third-order valence-electron chi connectivity index (χ3n) is 4.25. The molecule has 0 fully saturated rings. The Labute approximate surface area is 174 Å². The van der Waals surface area contributed by atoms with Gasteiger partial charge in [-0.15, -0.1) is 0 Å². The lowest BCUT2D eigenvalue weighted by Gasteiger charge is -2.25. The highest BCUT2D eigenvalue weighted by atomic mass is 32.2. The van der Waals surface area contributed by atoms with Crippen LogP contribution in [0.25, 0.3) is 0 Å². The van der Waals surface area contributed by atoms with Gasteiger partial charge in [0.1, 0.15) is 19.8 Å². The molecule has 0 unspecified atom stereocenters. The van der Waals surface area contributed by atoms with Crippen LogP contribution in [-0.2, 0) is 24.3 Å². The van der Waals surface area contributed by atoms with Gasteiger partial charge in [-0.3, -0.25) is 9.10 Å². The number of hydrogen-bond acceptors (Lipinski definition) is 8. The minimum atomic E-state index is -4.20. The lowest BCUT2D eigenvalue weighted by Crippen LogP contribution is -2.36. The first-order chi connectivity index (χ1) is 14.4. The zero-order valence-corrected chi connectivity index (χ0v) is 17.3. The first-order valence-electron chi connectivity index (χ1n) is 9.13. The fourth-order valence-corrected chi connectivity index (χ4v) is 4.23. The second kappa shape index (κ2) is 9.04. The molecule has 10 heteroatoms. The Morgan fingerprint density at radius 3 is 2.50 bits per heavy atom. The number of rotatable bonds is 7. The van der Waals surface area contributed by atoms with Crippen LogP contribution in [0.1, 0.15) is 17.3 Å². The summed E-state index contributed by atoms with van der Waals surface area (Å²) in [6, 6.07) is 10.0. The molecule has 0 bridgehead atoms. The third-order valence-corrected chi connectivity index (χ3v) is 6.02. The van der Waals surface area contributed by atoms with Crippen molar-refractivity contribution in [3.05, 3.63) is 48.0 Å². The molecule has 1 heterocycles. The number of methoxy groups -OCH3 is 1. The highest BCUT2D eigenvalue weighted by Gasteiger charge is 2.29. The van der Waals surface area contributed by atoms with E-state index in [1.54, 1.807) is 6.92 Å². The molecule has 0 atom stereocenters. The first kappa shape index (κ1) is 21.4. The smallest absolute Gasteiger partial charge is 0.338 e. The minimum Gasteiger partial charge on any atom is -0.486 e. The Hall–Kier alpha value is -3.27. The molecule has 0 radical (unpaired) electrons. The van der Waals surface area contributed by atoms with Crippen LogP contribution >= 0.6 is 0 Å². The number of esters is 2. The molecule has 1 aliphatic heterocycles. The Kier molecular flexibility index (Phi) is 6.46. The van der Waals surface area contributed by atoms with Crippen molar-refractivity contribution in [1.29, 1.82) is 0 Å². The number of sulfonamides is 1. The standard InChI is InChI=1S/C20H21NO8S/c1-3-27-20(23)14-5-4-6-15(11-14)21(13-19(22)26-2)30(24,25)16-7-8-17-18(12-16)29-10-9-28-17/h4-8,11-12H,3,9-10,13H2,1-2H3. The maximum absolute atomic E-state index is 13.4. The van der Waals surface area contributed by atoms with Gasteiger partial charge in [-0.2, -0.15) is 0 Å². The molecule has 0 aromatic heterocycles. The van der Waals surface area contributed by atoms with Gasteiger partial charge in [0.15, 0.2) is 11.5 Å². The second-order valence-electron chi connectivity index (χ2n) is 6.16. The molecule has 9 nitrogen and oxygen atoms in total. The number of ether oxygens (including phenoxy) is 4. The lowest BCUT2D eigenvalue weighted by atomic mass is 10.2. The predicted octanol–water partition coefficient (Wildman–Crippen LogP) is 2.00. The van der Waals surface area contributed by atoms with E-state index < -0.39 is 28.5 Å². The highest BCUT2D eigenvalue weighted by molar-refractivity contribution is 7.92. The molecule has 2 aromatic rings. The summed E-state index contributed by atoms with van der Waals surface area (Å²) >= 11 is 0. The summed E-state index contributed by atoms with van der Waals surface area (Å²) in [6.07, 6.45) is 0. The van der Waals surface area contributed by atoms with Crippen LogP contribution in [0.5, 0.6) is 11.5 Å². The van der Waals surface area contributed by atoms with Crippen molar-refractivity contribution < 1.29 is 37.0 Å². The maximum atomic E-state index is 13.4. The van der Waals surface area contributed by atoms with Crippen molar-refractivity contribution in [1.82, 2.24) is 0 Å². The zero-order valence-electron chi connectivity index (χ0n) is 16.5. The third kappa shape index (κ3) is 4.48. The second-order valence-corrected chi connectivity index (χ2v) is 8.03. The van der Waals surface area contributed by atoms with Crippen LogP contribution in [0.4, 0.5) is 5.69 Å². The highest BCUT2D eigenvalue weighted by Crippen LogP contribution is 2.34. The number of carbonyl (C=O) groups is 2. The van der Waals surface area contributed by atoms with E-state index in [9.17, 15) is 18.0 Å². The van der Waals surface area contributed by atoms with E-state index in [1.165, 1.54) is 42.5 Å². The van der Waals surface area contributed by atoms with Crippen molar-refractivity contribution >= 4 is 27.6 Å². The normalized spacial score (nSPS) is 12.7. The van der Waals surface area contributed by atoms with Crippen molar-refractivity contribution in [2.24, 2.45) is 0 Å². The monoisotopic (exact) mass is 435 g/mol. The quantitative estimate of drug-likeness (QED) is 0.608. The van der Waals surface area contributed by atoms with Crippen molar-refractivity contribution in [2.45, 2.75) is 11.8 Å². The van der Waals surface area contributed by atoms with Crippen molar-refractivity contribution in [3.8, 4) is 11.5 Å². The van der Waals surface area contributed by atoms with Crippen molar-refractivity contribution in [2.75, 3.05) is 37.8 Å². The van der Waals surface area contributed by atoms with Gasteiger partial charge in [0.25, 0.3) is 10.0 Å². The number of anilines is 1. The molecule has 160 valence electrons. The average molecular weight is 435 g/mol. The number of benzene rings is 2. The maximum Gasteiger partial charge on any atom is 0.338 e. The van der Waals surface area contributed by atoms with Crippen molar-refractivity contribution in [3.63, 3.8) is 0 Å². The summed E-state index contributed by atoms with van der Waals surface area (Å²) in [7, 11) is -3.04. The molecule has 0 spiro atoms. The molecule has 30 heavy (non-hydrogen) atoms. The minimum absolute atomic E-state index is 0.0998. The first-order valence-corrected chi connectivity index (χ1v) is 10.6. The summed E-state index contributed by atoms with van der Waals surface area (Å²) < 4.78 is 48.1. The number of fused-ring (bicyclic) bond motifs is 1. The Morgan fingerprint density at radius 2 is 1.80 bits per heavy atom. The van der Waals surface area contributed by atoms with Gasteiger partial charge in [0.2, 0.25) is 0 Å². The molecule has 2 aromatic carbocycles. The van der Waals surface area contributed by atoms with Gasteiger partial charge in [-0.25, -0.2) is 13.2 Å². The Balaban J connectivity index is 2.04. The van der Waals surface area contributed by atoms with E-state index in [2.05, 4.69) is 4.74 Å². The fraction of sp³-hybridized carbons (Fsp3) is 0.300. The van der Waals surface area contributed by atoms with E-state index in [0.717, 1.165) is 11.4 Å². The van der Waals surface area contributed by atoms with Gasteiger partial charge in [-0.05, 0) is 37.3 Å². The molecular weight excluding hydrogens is 414 g/mol. The Morgan fingerprint density at radius 1 is 1.07 bits per heavy atom. The van der Waals surface area contributed by atoms with Crippen LogP contribution in [0.15, 0.2) is 47.4 Å². The predicted molar refractivity (Wildman–Crippen MR) is 106 cm³/mol. The molecular formula is C20H21NO8S. The zero-order chi connectivity index (χ0) is 21.7. The van der Waals surface area contributed by atoms with E-state index in [-0.39, 0.29) is 22.8 Å². The molecule has 0 aliphatic carbocycles.